The molecule has 8 heteroatoms. The van der Waals surface area contributed by atoms with Crippen LogP contribution in [0.2, 0.25) is 0 Å². The summed E-state index contributed by atoms with van der Waals surface area (Å²) in [7, 11) is 1.41. The minimum atomic E-state index is -0.629. The molecule has 2 aliphatic rings. The van der Waals surface area contributed by atoms with E-state index in [1.165, 1.54) is 19.2 Å². The van der Waals surface area contributed by atoms with E-state index in [4.69, 9.17) is 4.74 Å². The average Bonchev–Trinajstić information content (AvgIpc) is 3.44. The number of halogens is 2. The molecule has 1 N–H and O–H groups in total. The van der Waals surface area contributed by atoms with Crippen molar-refractivity contribution in [3.05, 3.63) is 83.4 Å². The van der Waals surface area contributed by atoms with Gasteiger partial charge in [0.15, 0.2) is 0 Å². The summed E-state index contributed by atoms with van der Waals surface area (Å²) in [6.45, 7) is 4.50. The number of hydrogen-bond acceptors (Lipinski definition) is 5. The summed E-state index contributed by atoms with van der Waals surface area (Å²) in [4.78, 5) is 30.8. The molecule has 0 saturated carbocycles. The second-order valence-electron chi connectivity index (χ2n) is 10.6. The van der Waals surface area contributed by atoms with Crippen molar-refractivity contribution in [3.63, 3.8) is 0 Å². The number of carbonyl (C=O) groups excluding carboxylic acids is 2. The van der Waals surface area contributed by atoms with Gasteiger partial charge in [0.1, 0.15) is 17.7 Å². The number of nitrogens with one attached hydrogen (secondary N) is 1. The van der Waals surface area contributed by atoms with Gasteiger partial charge in [-0.05, 0) is 40.8 Å². The van der Waals surface area contributed by atoms with Gasteiger partial charge < -0.3 is 15.0 Å². The van der Waals surface area contributed by atoms with Gasteiger partial charge >= 0.3 is 5.97 Å². The molecule has 0 bridgehead atoms. The number of piperazine rings is 1. The number of carbonyl (C=O) groups is 2. The van der Waals surface area contributed by atoms with Crippen molar-refractivity contribution >= 4 is 22.6 Å². The molecule has 39 heavy (non-hydrogen) atoms. The Morgan fingerprint density at radius 2 is 1.82 bits per heavy atom. The normalized spacial score (nSPS) is 22.7. The Bertz CT molecular complexity index is 1350. The molecule has 2 heterocycles. The third kappa shape index (κ3) is 5.68. The highest BCUT2D eigenvalue weighted by molar-refractivity contribution is 5.84. The van der Waals surface area contributed by atoms with Crippen molar-refractivity contribution in [2.45, 2.75) is 37.8 Å². The fourth-order valence-electron chi connectivity index (χ4n) is 6.17. The van der Waals surface area contributed by atoms with Gasteiger partial charge in [0.25, 0.3) is 0 Å². The van der Waals surface area contributed by atoms with E-state index < -0.39 is 23.6 Å². The highest BCUT2D eigenvalue weighted by atomic mass is 19.1. The van der Waals surface area contributed by atoms with E-state index in [1.807, 2.05) is 24.0 Å². The van der Waals surface area contributed by atoms with Crippen LogP contribution in [-0.2, 0) is 20.7 Å². The first-order valence-electron chi connectivity index (χ1n) is 13.6. The Morgan fingerprint density at radius 3 is 2.56 bits per heavy atom. The number of esters is 1. The van der Waals surface area contributed by atoms with E-state index in [1.54, 1.807) is 0 Å². The van der Waals surface area contributed by atoms with E-state index >= 15 is 0 Å². The quantitative estimate of drug-likeness (QED) is 0.461. The second kappa shape index (κ2) is 11.8. The molecule has 1 amide bonds. The molecule has 5 rings (SSSR count). The molecule has 4 atom stereocenters. The minimum Gasteiger partial charge on any atom is -0.468 e. The van der Waals surface area contributed by atoms with Crippen molar-refractivity contribution in [3.8, 4) is 0 Å². The third-order valence-corrected chi connectivity index (χ3v) is 8.32. The van der Waals surface area contributed by atoms with Crippen LogP contribution in [0.5, 0.6) is 0 Å². The number of nitrogens with zero attached hydrogens (tertiary/aromatic N) is 2. The number of fused-ring (bicyclic) bond motifs is 1. The van der Waals surface area contributed by atoms with Crippen molar-refractivity contribution < 1.29 is 23.1 Å². The number of rotatable bonds is 7. The molecule has 0 aliphatic carbocycles. The van der Waals surface area contributed by atoms with Crippen molar-refractivity contribution in [2.24, 2.45) is 5.92 Å². The van der Waals surface area contributed by atoms with Gasteiger partial charge in [-0.3, -0.25) is 14.5 Å². The van der Waals surface area contributed by atoms with Gasteiger partial charge in [-0.25, -0.2) is 8.78 Å². The largest absolute Gasteiger partial charge is 0.468 e. The zero-order valence-electron chi connectivity index (χ0n) is 22.4. The maximum absolute atomic E-state index is 14.6. The molecule has 0 spiro atoms. The third-order valence-electron chi connectivity index (χ3n) is 8.32. The Balaban J connectivity index is 1.32. The van der Waals surface area contributed by atoms with Gasteiger partial charge in [0.2, 0.25) is 5.91 Å². The summed E-state index contributed by atoms with van der Waals surface area (Å²) >= 11 is 0. The fraction of sp³-hybridized carbons (Fsp3) is 0.419. The number of ether oxygens (including phenoxy) is 1. The average molecular weight is 536 g/mol. The van der Waals surface area contributed by atoms with E-state index in [-0.39, 0.29) is 23.8 Å². The minimum absolute atomic E-state index is 0.0237. The molecule has 3 aromatic carbocycles. The van der Waals surface area contributed by atoms with Crippen LogP contribution >= 0.6 is 0 Å². The van der Waals surface area contributed by atoms with Crippen LogP contribution in [0.15, 0.2) is 60.7 Å². The van der Waals surface area contributed by atoms with Crippen LogP contribution in [-0.4, -0.2) is 73.6 Å². The van der Waals surface area contributed by atoms with Crippen molar-refractivity contribution in [1.29, 1.82) is 0 Å². The summed E-state index contributed by atoms with van der Waals surface area (Å²) in [5, 5.41) is 5.50. The van der Waals surface area contributed by atoms with Gasteiger partial charge in [0, 0.05) is 50.7 Å². The smallest absolute Gasteiger partial charge is 0.323 e. The van der Waals surface area contributed by atoms with Gasteiger partial charge in [-0.15, -0.1) is 0 Å². The van der Waals surface area contributed by atoms with Crippen LogP contribution in [0.3, 0.4) is 0 Å². The van der Waals surface area contributed by atoms with E-state index in [0.29, 0.717) is 44.7 Å². The van der Waals surface area contributed by atoms with Gasteiger partial charge in [-0.2, -0.15) is 0 Å². The standard InChI is InChI=1S/C31H35F2N3O3/c1-3-24-19-35(29(31(38)39-2)15-20-8-9-21-6-4-5-7-22(21)14-20)12-13-36(24)30(37)27-18-34-17-26(27)25-11-10-23(32)16-28(25)33/h4-11,14,16,24,26-27,29,34H,3,12-13,15,17-19H2,1-2H3/t24-,26-,27+,29-/m0/s1. The Morgan fingerprint density at radius 1 is 1.03 bits per heavy atom. The Labute approximate surface area is 227 Å². The first-order chi connectivity index (χ1) is 18.9. The topological polar surface area (TPSA) is 61.9 Å². The van der Waals surface area contributed by atoms with Crippen LogP contribution in [0.1, 0.15) is 30.4 Å². The van der Waals surface area contributed by atoms with Crippen LogP contribution < -0.4 is 5.32 Å². The molecule has 206 valence electrons. The first-order valence-corrected chi connectivity index (χ1v) is 13.6. The number of amides is 1. The van der Waals surface area contributed by atoms with Crippen molar-refractivity contribution in [2.75, 3.05) is 39.8 Å². The maximum atomic E-state index is 14.6. The number of benzene rings is 3. The summed E-state index contributed by atoms with van der Waals surface area (Å²) < 4.78 is 33.3. The molecule has 0 unspecified atom stereocenters. The lowest BCUT2D eigenvalue weighted by atomic mass is 9.86. The van der Waals surface area contributed by atoms with Gasteiger partial charge in [-0.1, -0.05) is 55.5 Å². The van der Waals surface area contributed by atoms with E-state index in [2.05, 4.69) is 40.5 Å². The van der Waals surface area contributed by atoms with E-state index in [0.717, 1.165) is 28.8 Å². The highest BCUT2D eigenvalue weighted by Gasteiger charge is 2.42. The molecule has 6 nitrogen and oxygen atoms in total. The zero-order chi connectivity index (χ0) is 27.5. The lowest BCUT2D eigenvalue weighted by Gasteiger charge is -2.44. The number of methoxy groups -OCH3 is 1. The molecular formula is C31H35F2N3O3. The van der Waals surface area contributed by atoms with E-state index in [9.17, 15) is 18.4 Å². The monoisotopic (exact) mass is 535 g/mol. The Hall–Kier alpha value is -3.36. The molecule has 0 aromatic heterocycles. The maximum Gasteiger partial charge on any atom is 0.323 e. The van der Waals surface area contributed by atoms with Gasteiger partial charge in [0.05, 0.1) is 13.0 Å². The Kier molecular flexibility index (Phi) is 8.23. The molecule has 0 radical (unpaired) electrons. The molecule has 2 aliphatic heterocycles. The zero-order valence-corrected chi connectivity index (χ0v) is 22.4. The molecule has 2 saturated heterocycles. The molecule has 3 aromatic rings. The summed E-state index contributed by atoms with van der Waals surface area (Å²) in [5.74, 6) is -2.35. The van der Waals surface area contributed by atoms with Crippen LogP contribution in [0.4, 0.5) is 8.78 Å². The predicted molar refractivity (Wildman–Crippen MR) is 146 cm³/mol. The summed E-state index contributed by atoms with van der Waals surface area (Å²) in [6, 6.07) is 17.4. The lowest BCUT2D eigenvalue weighted by Crippen LogP contribution is -2.60. The fourth-order valence-corrected chi connectivity index (χ4v) is 6.17. The first kappa shape index (κ1) is 27.2. The second-order valence-corrected chi connectivity index (χ2v) is 10.6. The SMILES string of the molecule is CC[C@H]1CN([C@@H](Cc2ccc3ccccc3c2)C(=O)OC)CCN1C(=O)[C@@H]1CNC[C@H]1c1ccc(F)cc1F. The number of hydrogen-bond donors (Lipinski definition) is 1. The summed E-state index contributed by atoms with van der Waals surface area (Å²) in [6.07, 6.45) is 1.24. The predicted octanol–water partition coefficient (Wildman–Crippen LogP) is 4.13. The molecular weight excluding hydrogens is 500 g/mol. The van der Waals surface area contributed by atoms with Crippen LogP contribution in [0, 0.1) is 17.6 Å². The lowest BCUT2D eigenvalue weighted by molar-refractivity contribution is -0.150. The van der Waals surface area contributed by atoms with Crippen molar-refractivity contribution in [1.82, 2.24) is 15.1 Å². The molecule has 2 fully saturated rings. The highest BCUT2D eigenvalue weighted by Crippen LogP contribution is 2.33. The summed E-state index contributed by atoms with van der Waals surface area (Å²) in [5.41, 5.74) is 1.42. The van der Waals surface area contributed by atoms with Crippen LogP contribution in [0.25, 0.3) is 10.8 Å².